The van der Waals surface area contributed by atoms with E-state index in [-0.39, 0.29) is 5.03 Å². The van der Waals surface area contributed by atoms with Gasteiger partial charge < -0.3 is 9.47 Å². The number of hydrogen-bond donors (Lipinski definition) is 0. The average molecular weight is 287 g/mol. The Morgan fingerprint density at radius 1 is 1.32 bits per heavy atom. The lowest BCUT2D eigenvalue weighted by Crippen LogP contribution is -2.59. The van der Waals surface area contributed by atoms with Gasteiger partial charge in [0.2, 0.25) is 0 Å². The molecule has 0 bridgehead atoms. The molecule has 2 aliphatic rings. The predicted molar refractivity (Wildman–Crippen MR) is 66.1 cm³/mol. The second kappa shape index (κ2) is 4.55. The lowest BCUT2D eigenvalue weighted by Gasteiger charge is -2.41. The van der Waals surface area contributed by atoms with Crippen LogP contribution in [0.3, 0.4) is 0 Å². The van der Waals surface area contributed by atoms with Crippen molar-refractivity contribution in [1.82, 2.24) is 14.1 Å². The fraction of sp³-hybridized carbons (Fsp3) is 0.727. The van der Waals surface area contributed by atoms with Crippen LogP contribution in [0.2, 0.25) is 0 Å². The Hall–Kier alpha value is -0.960. The van der Waals surface area contributed by atoms with Crippen LogP contribution in [0.25, 0.3) is 0 Å². The Balaban J connectivity index is 2.01. The molecule has 8 heteroatoms. The number of sulfonamides is 1. The topological polar surface area (TPSA) is 73.7 Å². The van der Waals surface area contributed by atoms with Crippen molar-refractivity contribution in [3.05, 3.63) is 12.3 Å². The number of aromatic nitrogens is 2. The van der Waals surface area contributed by atoms with E-state index >= 15 is 0 Å². The molecule has 2 saturated heterocycles. The Labute approximate surface area is 112 Å². The molecule has 3 rings (SSSR count). The molecule has 1 aromatic rings. The Kier molecular flexibility index (Phi) is 3.12. The van der Waals surface area contributed by atoms with Crippen LogP contribution < -0.4 is 0 Å². The molecular weight excluding hydrogens is 270 g/mol. The van der Waals surface area contributed by atoms with Crippen LogP contribution in [-0.4, -0.2) is 61.0 Å². The van der Waals surface area contributed by atoms with Gasteiger partial charge in [0.05, 0.1) is 31.6 Å². The average Bonchev–Trinajstić information content (AvgIpc) is 3.00. The summed E-state index contributed by atoms with van der Waals surface area (Å²) in [6, 6.07) is 1.52. The first kappa shape index (κ1) is 13.0. The molecule has 7 nitrogen and oxygen atoms in total. The maximum Gasteiger partial charge on any atom is 0.260 e. The van der Waals surface area contributed by atoms with E-state index < -0.39 is 15.6 Å². The summed E-state index contributed by atoms with van der Waals surface area (Å²) in [5.74, 6) is 0. The lowest BCUT2D eigenvalue weighted by atomic mass is 9.99. The van der Waals surface area contributed by atoms with E-state index in [4.69, 9.17) is 9.47 Å². The normalized spacial score (nSPS) is 29.1. The number of nitrogens with zero attached hydrogens (tertiary/aromatic N) is 3. The van der Waals surface area contributed by atoms with Crippen molar-refractivity contribution in [2.24, 2.45) is 7.05 Å². The molecular formula is C11H17N3O4S. The highest BCUT2D eigenvalue weighted by Gasteiger charge is 2.49. The fourth-order valence-corrected chi connectivity index (χ4v) is 4.59. The molecule has 1 aromatic heterocycles. The van der Waals surface area contributed by atoms with E-state index in [0.29, 0.717) is 39.4 Å². The molecule has 0 aromatic carbocycles. The summed E-state index contributed by atoms with van der Waals surface area (Å²) >= 11 is 0. The van der Waals surface area contributed by atoms with Crippen molar-refractivity contribution >= 4 is 10.0 Å². The van der Waals surface area contributed by atoms with Crippen LogP contribution >= 0.6 is 0 Å². The maximum atomic E-state index is 12.8. The minimum atomic E-state index is -3.57. The van der Waals surface area contributed by atoms with E-state index in [1.54, 1.807) is 7.05 Å². The van der Waals surface area contributed by atoms with Crippen molar-refractivity contribution in [3.63, 3.8) is 0 Å². The summed E-state index contributed by atoms with van der Waals surface area (Å²) in [5, 5.41) is 4.15. The van der Waals surface area contributed by atoms with Gasteiger partial charge in [-0.25, -0.2) is 8.42 Å². The largest absolute Gasteiger partial charge is 0.379 e. The van der Waals surface area contributed by atoms with Gasteiger partial charge in [-0.3, -0.25) is 4.68 Å². The molecule has 0 radical (unpaired) electrons. The second-order valence-electron chi connectivity index (χ2n) is 4.95. The molecule has 0 amide bonds. The number of rotatable bonds is 2. The zero-order valence-corrected chi connectivity index (χ0v) is 11.6. The smallest absolute Gasteiger partial charge is 0.260 e. The van der Waals surface area contributed by atoms with E-state index in [0.717, 1.165) is 0 Å². The highest BCUT2D eigenvalue weighted by molar-refractivity contribution is 7.89. The van der Waals surface area contributed by atoms with Crippen molar-refractivity contribution in [2.45, 2.75) is 17.0 Å². The highest BCUT2D eigenvalue weighted by Crippen LogP contribution is 2.33. The maximum absolute atomic E-state index is 12.8. The Morgan fingerprint density at radius 3 is 2.63 bits per heavy atom. The zero-order chi connectivity index (χ0) is 13.5. The summed E-state index contributed by atoms with van der Waals surface area (Å²) in [5.41, 5.74) is -0.554. The molecule has 0 N–H and O–H groups in total. The molecule has 0 unspecified atom stereocenters. The summed E-state index contributed by atoms with van der Waals surface area (Å²) in [7, 11) is -1.94. The van der Waals surface area contributed by atoms with Gasteiger partial charge in [0.1, 0.15) is 0 Å². The first-order valence-electron chi connectivity index (χ1n) is 6.23. The molecule has 3 heterocycles. The van der Waals surface area contributed by atoms with Crippen molar-refractivity contribution in [1.29, 1.82) is 0 Å². The van der Waals surface area contributed by atoms with Crippen LogP contribution in [0.5, 0.6) is 0 Å². The van der Waals surface area contributed by atoms with Gasteiger partial charge >= 0.3 is 0 Å². The Morgan fingerprint density at radius 2 is 2.05 bits per heavy atom. The van der Waals surface area contributed by atoms with Crippen LogP contribution in [0.15, 0.2) is 17.3 Å². The first-order chi connectivity index (χ1) is 9.06. The van der Waals surface area contributed by atoms with Crippen LogP contribution in [0.1, 0.15) is 6.42 Å². The zero-order valence-electron chi connectivity index (χ0n) is 10.8. The second-order valence-corrected chi connectivity index (χ2v) is 6.76. The van der Waals surface area contributed by atoms with Gasteiger partial charge in [0.15, 0.2) is 5.03 Å². The highest BCUT2D eigenvalue weighted by atomic mass is 32.2. The van der Waals surface area contributed by atoms with Crippen LogP contribution in [0.4, 0.5) is 0 Å². The van der Waals surface area contributed by atoms with E-state index in [9.17, 15) is 8.42 Å². The quantitative estimate of drug-likeness (QED) is 0.740. The van der Waals surface area contributed by atoms with Gasteiger partial charge in [0.25, 0.3) is 10.0 Å². The van der Waals surface area contributed by atoms with Crippen LogP contribution in [0, 0.1) is 0 Å². The van der Waals surface area contributed by atoms with Gasteiger partial charge in [0, 0.05) is 20.2 Å². The van der Waals surface area contributed by atoms with E-state index in [2.05, 4.69) is 5.10 Å². The van der Waals surface area contributed by atoms with Gasteiger partial charge in [-0.1, -0.05) is 0 Å². The third-order valence-electron chi connectivity index (χ3n) is 3.75. The minimum Gasteiger partial charge on any atom is -0.379 e. The molecule has 1 spiro atoms. The van der Waals surface area contributed by atoms with Gasteiger partial charge in [-0.05, 0) is 12.5 Å². The molecule has 0 aliphatic carbocycles. The number of ether oxygens (including phenoxy) is 2. The van der Waals surface area contributed by atoms with E-state index in [1.165, 1.54) is 21.3 Å². The Bertz CT molecular complexity index is 562. The molecule has 0 saturated carbocycles. The molecule has 106 valence electrons. The SMILES string of the molecule is Cn1nccc1S(=O)(=O)N1CCOC[C@]12CCOC2. The minimum absolute atomic E-state index is 0.209. The summed E-state index contributed by atoms with van der Waals surface area (Å²) in [6.45, 7) is 2.13. The van der Waals surface area contributed by atoms with Crippen molar-refractivity contribution in [3.8, 4) is 0 Å². The first-order valence-corrected chi connectivity index (χ1v) is 7.67. The number of aryl methyl sites for hydroxylation is 1. The summed E-state index contributed by atoms with van der Waals surface area (Å²) in [6.07, 6.45) is 2.16. The predicted octanol–water partition coefficient (Wildman–Crippen LogP) is -0.400. The number of morpholine rings is 1. The third-order valence-corrected chi connectivity index (χ3v) is 5.83. The molecule has 19 heavy (non-hydrogen) atoms. The lowest BCUT2D eigenvalue weighted by molar-refractivity contribution is -0.0295. The standard InChI is InChI=1S/C11H17N3O4S/c1-13-10(2-4-12-13)19(15,16)14-5-7-18-9-11(14)3-6-17-8-11/h2,4H,3,5-9H2,1H3/t11-/m1/s1. The van der Waals surface area contributed by atoms with Crippen molar-refractivity contribution < 1.29 is 17.9 Å². The molecule has 2 aliphatic heterocycles. The monoisotopic (exact) mass is 287 g/mol. The van der Waals surface area contributed by atoms with Gasteiger partial charge in [-0.2, -0.15) is 9.40 Å². The molecule has 2 fully saturated rings. The summed E-state index contributed by atoms with van der Waals surface area (Å²) in [4.78, 5) is 0. The van der Waals surface area contributed by atoms with Crippen molar-refractivity contribution in [2.75, 3.05) is 33.0 Å². The van der Waals surface area contributed by atoms with E-state index in [1.807, 2.05) is 0 Å². The van der Waals surface area contributed by atoms with Crippen LogP contribution in [-0.2, 0) is 26.5 Å². The number of hydrogen-bond acceptors (Lipinski definition) is 5. The molecule has 1 atom stereocenters. The fourth-order valence-electron chi connectivity index (χ4n) is 2.73. The van der Waals surface area contributed by atoms with Gasteiger partial charge in [-0.15, -0.1) is 0 Å². The summed E-state index contributed by atoms with van der Waals surface area (Å²) < 4.78 is 39.4. The third kappa shape index (κ3) is 1.99.